The third-order valence-corrected chi connectivity index (χ3v) is 7.38. The number of nitriles is 1. The van der Waals surface area contributed by atoms with Crippen LogP contribution in [0.15, 0.2) is 96.4 Å². The monoisotopic (exact) mass is 614 g/mol. The number of benzene rings is 4. The maximum Gasteiger partial charge on any atom is 0.343 e. The van der Waals surface area contributed by atoms with Gasteiger partial charge in [-0.05, 0) is 47.9 Å². The van der Waals surface area contributed by atoms with Crippen molar-refractivity contribution in [3.63, 3.8) is 0 Å². The van der Waals surface area contributed by atoms with Gasteiger partial charge in [-0.1, -0.05) is 85.1 Å². The number of nitrogens with zero attached hydrogens (tertiary/aromatic N) is 1. The second-order valence-electron chi connectivity index (χ2n) is 9.83. The van der Waals surface area contributed by atoms with Crippen molar-refractivity contribution in [3.8, 4) is 29.1 Å². The summed E-state index contributed by atoms with van der Waals surface area (Å²) in [5.74, 6) is 0.333. The molecule has 218 valence electrons. The van der Waals surface area contributed by atoms with E-state index in [1.807, 2.05) is 61.5 Å². The smallest absolute Gasteiger partial charge is 0.343 e. The normalized spacial score (nSPS) is 13.9. The molecular formula is C34H28Cl2N2O5. The maximum atomic E-state index is 13.0. The quantitative estimate of drug-likeness (QED) is 0.109. The van der Waals surface area contributed by atoms with Crippen LogP contribution in [0.4, 0.5) is 0 Å². The fourth-order valence-corrected chi connectivity index (χ4v) is 5.26. The van der Waals surface area contributed by atoms with E-state index in [2.05, 4.69) is 6.07 Å². The average Bonchev–Trinajstić information content (AvgIpc) is 3.01. The molecule has 0 aromatic heterocycles. The zero-order valence-corrected chi connectivity index (χ0v) is 24.8. The summed E-state index contributed by atoms with van der Waals surface area (Å²) in [7, 11) is 0. The fourth-order valence-electron chi connectivity index (χ4n) is 4.67. The number of carbonyl (C=O) groups is 1. The van der Waals surface area contributed by atoms with Gasteiger partial charge in [0.1, 0.15) is 35.5 Å². The highest BCUT2D eigenvalue weighted by Gasteiger charge is 2.31. The Hall–Kier alpha value is -4.64. The number of hydrogen-bond acceptors (Lipinski definition) is 7. The van der Waals surface area contributed by atoms with Crippen LogP contribution in [-0.2, 0) is 6.61 Å². The van der Waals surface area contributed by atoms with Crippen LogP contribution in [-0.4, -0.2) is 12.6 Å². The van der Waals surface area contributed by atoms with E-state index in [1.54, 1.807) is 18.2 Å². The number of hydrogen-bond donors (Lipinski definition) is 1. The van der Waals surface area contributed by atoms with Crippen LogP contribution in [0.25, 0.3) is 0 Å². The fraction of sp³-hybridized carbons (Fsp3) is 0.176. The van der Waals surface area contributed by atoms with E-state index in [-0.39, 0.29) is 32.8 Å². The molecule has 0 aliphatic carbocycles. The van der Waals surface area contributed by atoms with Gasteiger partial charge in [0.15, 0.2) is 5.75 Å². The summed E-state index contributed by atoms with van der Waals surface area (Å²) in [6, 6.07) is 27.4. The lowest BCUT2D eigenvalue weighted by Gasteiger charge is -2.27. The van der Waals surface area contributed by atoms with Crippen molar-refractivity contribution in [2.75, 3.05) is 6.61 Å². The maximum absolute atomic E-state index is 13.0. The Morgan fingerprint density at radius 3 is 2.44 bits per heavy atom. The van der Waals surface area contributed by atoms with E-state index in [0.29, 0.717) is 36.0 Å². The largest absolute Gasteiger partial charge is 0.490 e. The van der Waals surface area contributed by atoms with Crippen molar-refractivity contribution in [1.82, 2.24) is 0 Å². The lowest BCUT2D eigenvalue weighted by molar-refractivity contribution is 0.0734. The van der Waals surface area contributed by atoms with Crippen LogP contribution in [0.3, 0.4) is 0 Å². The van der Waals surface area contributed by atoms with Crippen LogP contribution in [0.1, 0.15) is 52.7 Å². The van der Waals surface area contributed by atoms with Gasteiger partial charge in [-0.2, -0.15) is 5.26 Å². The first-order valence-electron chi connectivity index (χ1n) is 13.7. The third kappa shape index (κ3) is 6.89. The molecular weight excluding hydrogens is 587 g/mol. The molecule has 1 heterocycles. The number of unbranched alkanes of at least 4 members (excludes halogenated alkanes) is 1. The number of rotatable bonds is 10. The van der Waals surface area contributed by atoms with E-state index >= 15 is 0 Å². The number of carbonyl (C=O) groups excluding carboxylic acids is 1. The minimum absolute atomic E-state index is 0.0312. The average molecular weight is 616 g/mol. The lowest BCUT2D eigenvalue weighted by atomic mass is 9.83. The molecule has 2 N–H and O–H groups in total. The second kappa shape index (κ2) is 13.6. The van der Waals surface area contributed by atoms with Crippen LogP contribution >= 0.6 is 23.2 Å². The van der Waals surface area contributed by atoms with Gasteiger partial charge in [0, 0.05) is 11.6 Å². The third-order valence-electron chi connectivity index (χ3n) is 6.82. The summed E-state index contributed by atoms with van der Waals surface area (Å²) < 4.78 is 23.1. The standard InChI is InChI=1S/C34H28Cl2N2O5/c1-2-3-14-40-32-28(35)16-23(17-29(32)36)34(39)42-25-12-13-26-30(18-25)43-33(38)27(19-37)31(26)22-10-7-11-24(15-22)41-20-21-8-5-4-6-9-21/h4-13,15-18,31H,2-3,14,20,38H2,1H3. The van der Waals surface area contributed by atoms with Crippen molar-refractivity contribution in [2.24, 2.45) is 5.73 Å². The highest BCUT2D eigenvalue weighted by molar-refractivity contribution is 6.37. The van der Waals surface area contributed by atoms with Gasteiger partial charge < -0.3 is 24.7 Å². The highest BCUT2D eigenvalue weighted by atomic mass is 35.5. The second-order valence-corrected chi connectivity index (χ2v) is 10.6. The first kappa shape index (κ1) is 29.8. The highest BCUT2D eigenvalue weighted by Crippen LogP contribution is 2.44. The molecule has 1 unspecified atom stereocenters. The van der Waals surface area contributed by atoms with Crippen LogP contribution < -0.4 is 24.7 Å². The minimum Gasteiger partial charge on any atom is -0.490 e. The predicted molar refractivity (Wildman–Crippen MR) is 165 cm³/mol. The van der Waals surface area contributed by atoms with Gasteiger partial charge in [0.2, 0.25) is 5.88 Å². The summed E-state index contributed by atoms with van der Waals surface area (Å²) in [6.07, 6.45) is 1.81. The first-order valence-corrected chi connectivity index (χ1v) is 14.5. The van der Waals surface area contributed by atoms with Crippen LogP contribution in [0.2, 0.25) is 10.0 Å². The molecule has 0 amide bonds. The Morgan fingerprint density at radius 2 is 1.72 bits per heavy atom. The lowest BCUT2D eigenvalue weighted by Crippen LogP contribution is -2.21. The number of esters is 1. The Labute approximate surface area is 260 Å². The number of nitrogens with two attached hydrogens (primary N) is 1. The Kier molecular flexibility index (Phi) is 9.41. The molecule has 0 radical (unpaired) electrons. The SMILES string of the molecule is CCCCOc1c(Cl)cc(C(=O)Oc2ccc3c(c2)OC(N)=C(C#N)C3c2cccc(OCc3ccccc3)c2)cc1Cl. The number of fused-ring (bicyclic) bond motifs is 1. The molecule has 43 heavy (non-hydrogen) atoms. The molecule has 0 spiro atoms. The summed E-state index contributed by atoms with van der Waals surface area (Å²) in [5, 5.41) is 10.4. The first-order chi connectivity index (χ1) is 20.9. The summed E-state index contributed by atoms with van der Waals surface area (Å²) in [6.45, 7) is 2.91. The van der Waals surface area contributed by atoms with Gasteiger partial charge in [-0.3, -0.25) is 0 Å². The molecule has 5 rings (SSSR count). The Bertz CT molecular complexity index is 1690. The molecule has 9 heteroatoms. The molecule has 0 saturated carbocycles. The van der Waals surface area contributed by atoms with Crippen LogP contribution in [0, 0.1) is 11.3 Å². The summed E-state index contributed by atoms with van der Waals surface area (Å²) in [4.78, 5) is 13.0. The zero-order valence-electron chi connectivity index (χ0n) is 23.3. The van der Waals surface area contributed by atoms with Crippen molar-refractivity contribution >= 4 is 29.2 Å². The zero-order chi connectivity index (χ0) is 30.3. The van der Waals surface area contributed by atoms with Gasteiger partial charge in [-0.25, -0.2) is 4.79 Å². The van der Waals surface area contributed by atoms with E-state index in [1.165, 1.54) is 12.1 Å². The minimum atomic E-state index is -0.666. The Morgan fingerprint density at radius 1 is 0.953 bits per heavy atom. The van der Waals surface area contributed by atoms with Crippen molar-refractivity contribution < 1.29 is 23.7 Å². The van der Waals surface area contributed by atoms with Gasteiger partial charge in [0.25, 0.3) is 0 Å². The van der Waals surface area contributed by atoms with Crippen molar-refractivity contribution in [3.05, 3.63) is 129 Å². The number of ether oxygens (including phenoxy) is 4. The molecule has 1 atom stereocenters. The van der Waals surface area contributed by atoms with Gasteiger partial charge in [0.05, 0.1) is 28.1 Å². The number of allylic oxidation sites excluding steroid dienone is 1. The van der Waals surface area contributed by atoms with Crippen LogP contribution in [0.5, 0.6) is 23.0 Å². The molecule has 0 bridgehead atoms. The van der Waals surface area contributed by atoms with Gasteiger partial charge >= 0.3 is 5.97 Å². The molecule has 0 fully saturated rings. The topological polar surface area (TPSA) is 104 Å². The van der Waals surface area contributed by atoms with E-state index in [9.17, 15) is 10.1 Å². The molecule has 4 aromatic carbocycles. The van der Waals surface area contributed by atoms with E-state index in [4.69, 9.17) is 47.9 Å². The molecule has 7 nitrogen and oxygen atoms in total. The summed E-state index contributed by atoms with van der Waals surface area (Å²) in [5.41, 5.74) is 9.14. The molecule has 1 aliphatic heterocycles. The predicted octanol–water partition coefficient (Wildman–Crippen LogP) is 8.19. The molecule has 1 aliphatic rings. The van der Waals surface area contributed by atoms with E-state index in [0.717, 1.165) is 24.0 Å². The summed E-state index contributed by atoms with van der Waals surface area (Å²) >= 11 is 12.7. The van der Waals surface area contributed by atoms with Gasteiger partial charge in [-0.15, -0.1) is 0 Å². The van der Waals surface area contributed by atoms with E-state index < -0.39 is 11.9 Å². The van der Waals surface area contributed by atoms with Crippen molar-refractivity contribution in [2.45, 2.75) is 32.3 Å². The Balaban J connectivity index is 1.37. The molecule has 0 saturated heterocycles. The molecule has 4 aromatic rings. The van der Waals surface area contributed by atoms with Crippen molar-refractivity contribution in [1.29, 1.82) is 5.26 Å². The number of halogens is 2.